The quantitative estimate of drug-likeness (QED) is 0.573. The standard InChI is InChI=1S/C18H15NO2/c1-11-6-9-17(21-11)18(20)12-7-8-16-14(10-12)13-4-2-3-5-15(13)19-16/h2-10,18-20H,1H3. The Kier molecular flexibility index (Phi) is 2.62. The van der Waals surface area contributed by atoms with Gasteiger partial charge in [-0.25, -0.2) is 0 Å². The van der Waals surface area contributed by atoms with E-state index in [1.165, 1.54) is 0 Å². The van der Waals surface area contributed by atoms with Gasteiger partial charge in [-0.3, -0.25) is 0 Å². The van der Waals surface area contributed by atoms with E-state index in [9.17, 15) is 5.11 Å². The van der Waals surface area contributed by atoms with E-state index in [1.807, 2.05) is 49.4 Å². The number of aliphatic hydroxyl groups is 1. The van der Waals surface area contributed by atoms with Crippen molar-refractivity contribution in [3.8, 4) is 0 Å². The van der Waals surface area contributed by atoms with Crippen molar-refractivity contribution in [1.82, 2.24) is 4.98 Å². The summed E-state index contributed by atoms with van der Waals surface area (Å²) in [6, 6.07) is 17.8. The van der Waals surface area contributed by atoms with E-state index in [2.05, 4.69) is 17.1 Å². The predicted octanol–water partition coefficient (Wildman–Crippen LogP) is 4.30. The first-order valence-electron chi connectivity index (χ1n) is 6.97. The minimum Gasteiger partial charge on any atom is -0.463 e. The molecule has 2 aromatic heterocycles. The average molecular weight is 277 g/mol. The number of hydrogen-bond donors (Lipinski definition) is 2. The first kappa shape index (κ1) is 12.2. The van der Waals surface area contributed by atoms with Gasteiger partial charge in [0, 0.05) is 21.8 Å². The van der Waals surface area contributed by atoms with Crippen molar-refractivity contribution >= 4 is 21.8 Å². The molecule has 1 unspecified atom stereocenters. The summed E-state index contributed by atoms with van der Waals surface area (Å²) in [6.07, 6.45) is -0.739. The Morgan fingerprint density at radius 1 is 0.952 bits per heavy atom. The van der Waals surface area contributed by atoms with Gasteiger partial charge in [0.1, 0.15) is 17.6 Å². The smallest absolute Gasteiger partial charge is 0.137 e. The van der Waals surface area contributed by atoms with Crippen molar-refractivity contribution < 1.29 is 9.52 Å². The summed E-state index contributed by atoms with van der Waals surface area (Å²) in [5.41, 5.74) is 3.01. The summed E-state index contributed by atoms with van der Waals surface area (Å²) in [7, 11) is 0. The van der Waals surface area contributed by atoms with E-state index in [4.69, 9.17) is 4.42 Å². The number of fused-ring (bicyclic) bond motifs is 3. The van der Waals surface area contributed by atoms with Crippen LogP contribution < -0.4 is 0 Å². The molecule has 21 heavy (non-hydrogen) atoms. The van der Waals surface area contributed by atoms with Gasteiger partial charge in [-0.05, 0) is 42.8 Å². The normalized spacial score (nSPS) is 13.0. The van der Waals surface area contributed by atoms with E-state index in [0.29, 0.717) is 5.76 Å². The maximum Gasteiger partial charge on any atom is 0.137 e. The van der Waals surface area contributed by atoms with Crippen LogP contribution in [0.3, 0.4) is 0 Å². The van der Waals surface area contributed by atoms with Gasteiger partial charge in [-0.1, -0.05) is 24.3 Å². The lowest BCUT2D eigenvalue weighted by Gasteiger charge is -2.08. The fourth-order valence-electron chi connectivity index (χ4n) is 2.80. The molecule has 0 aliphatic carbocycles. The lowest BCUT2D eigenvalue weighted by molar-refractivity contribution is 0.188. The zero-order valence-corrected chi connectivity index (χ0v) is 11.6. The lowest BCUT2D eigenvalue weighted by Crippen LogP contribution is -1.97. The monoisotopic (exact) mass is 277 g/mol. The molecule has 0 saturated carbocycles. The predicted molar refractivity (Wildman–Crippen MR) is 83.3 cm³/mol. The molecule has 0 spiro atoms. The number of aliphatic hydroxyl groups excluding tert-OH is 1. The second-order valence-corrected chi connectivity index (χ2v) is 5.33. The molecular weight excluding hydrogens is 262 g/mol. The Labute approximate surface area is 121 Å². The molecule has 0 saturated heterocycles. The molecule has 0 aliphatic heterocycles. The van der Waals surface area contributed by atoms with E-state index >= 15 is 0 Å². The van der Waals surface area contributed by atoms with Crippen LogP contribution in [0.1, 0.15) is 23.2 Å². The number of hydrogen-bond acceptors (Lipinski definition) is 2. The molecular formula is C18H15NO2. The van der Waals surface area contributed by atoms with Gasteiger partial charge in [-0.15, -0.1) is 0 Å². The Morgan fingerprint density at radius 2 is 1.76 bits per heavy atom. The van der Waals surface area contributed by atoms with Crippen molar-refractivity contribution in [3.05, 3.63) is 71.7 Å². The van der Waals surface area contributed by atoms with Crippen LogP contribution in [-0.2, 0) is 0 Å². The number of furan rings is 1. The van der Waals surface area contributed by atoms with Gasteiger partial charge in [-0.2, -0.15) is 0 Å². The van der Waals surface area contributed by atoms with E-state index in [-0.39, 0.29) is 0 Å². The summed E-state index contributed by atoms with van der Waals surface area (Å²) in [4.78, 5) is 3.38. The molecule has 0 fully saturated rings. The first-order chi connectivity index (χ1) is 10.2. The molecule has 3 nitrogen and oxygen atoms in total. The van der Waals surface area contributed by atoms with E-state index in [0.717, 1.165) is 33.1 Å². The molecule has 2 heterocycles. The molecule has 2 aromatic carbocycles. The van der Waals surface area contributed by atoms with Crippen LogP contribution in [0.25, 0.3) is 21.8 Å². The minimum absolute atomic E-state index is 0.576. The van der Waals surface area contributed by atoms with Gasteiger partial charge >= 0.3 is 0 Å². The summed E-state index contributed by atoms with van der Waals surface area (Å²) in [5, 5.41) is 12.8. The highest BCUT2D eigenvalue weighted by molar-refractivity contribution is 6.07. The van der Waals surface area contributed by atoms with Crippen molar-refractivity contribution in [1.29, 1.82) is 0 Å². The SMILES string of the molecule is Cc1ccc(C(O)c2ccc3[nH]c4ccccc4c3c2)o1. The Hall–Kier alpha value is -2.52. The number of H-pyrrole nitrogens is 1. The third-order valence-corrected chi connectivity index (χ3v) is 3.88. The van der Waals surface area contributed by atoms with Crippen LogP contribution in [0.5, 0.6) is 0 Å². The van der Waals surface area contributed by atoms with Gasteiger partial charge < -0.3 is 14.5 Å². The molecule has 4 aromatic rings. The molecule has 4 rings (SSSR count). The van der Waals surface area contributed by atoms with Crippen molar-refractivity contribution in [2.75, 3.05) is 0 Å². The molecule has 0 bridgehead atoms. The molecule has 0 aliphatic rings. The molecule has 2 N–H and O–H groups in total. The average Bonchev–Trinajstić information content (AvgIpc) is 3.09. The lowest BCUT2D eigenvalue weighted by atomic mass is 10.0. The number of benzene rings is 2. The summed E-state index contributed by atoms with van der Waals surface area (Å²) in [6.45, 7) is 1.87. The van der Waals surface area contributed by atoms with Crippen LogP contribution in [-0.4, -0.2) is 10.1 Å². The van der Waals surface area contributed by atoms with Crippen molar-refractivity contribution in [3.63, 3.8) is 0 Å². The zero-order chi connectivity index (χ0) is 14.4. The Bertz CT molecular complexity index is 933. The summed E-state index contributed by atoms with van der Waals surface area (Å²) in [5.74, 6) is 1.38. The third kappa shape index (κ3) is 1.94. The third-order valence-electron chi connectivity index (χ3n) is 3.88. The van der Waals surface area contributed by atoms with Crippen LogP contribution in [0.4, 0.5) is 0 Å². The highest BCUT2D eigenvalue weighted by atomic mass is 16.4. The largest absolute Gasteiger partial charge is 0.463 e. The highest BCUT2D eigenvalue weighted by Gasteiger charge is 2.15. The molecule has 0 amide bonds. The van der Waals surface area contributed by atoms with Crippen LogP contribution in [0, 0.1) is 6.92 Å². The van der Waals surface area contributed by atoms with E-state index < -0.39 is 6.10 Å². The number of aromatic amines is 1. The van der Waals surface area contributed by atoms with Crippen LogP contribution >= 0.6 is 0 Å². The molecule has 104 valence electrons. The second-order valence-electron chi connectivity index (χ2n) is 5.33. The number of aryl methyl sites for hydroxylation is 1. The summed E-state index contributed by atoms with van der Waals surface area (Å²) >= 11 is 0. The molecule has 0 radical (unpaired) electrons. The summed E-state index contributed by atoms with van der Waals surface area (Å²) < 4.78 is 5.52. The van der Waals surface area contributed by atoms with Gasteiger partial charge in [0.15, 0.2) is 0 Å². The van der Waals surface area contributed by atoms with Crippen molar-refractivity contribution in [2.24, 2.45) is 0 Å². The van der Waals surface area contributed by atoms with Gasteiger partial charge in [0.2, 0.25) is 0 Å². The van der Waals surface area contributed by atoms with E-state index in [1.54, 1.807) is 0 Å². The molecule has 3 heteroatoms. The topological polar surface area (TPSA) is 49.2 Å². The number of para-hydroxylation sites is 1. The maximum absolute atomic E-state index is 10.5. The van der Waals surface area contributed by atoms with Gasteiger partial charge in [0.25, 0.3) is 0 Å². The van der Waals surface area contributed by atoms with Crippen LogP contribution in [0.2, 0.25) is 0 Å². The number of nitrogens with one attached hydrogen (secondary N) is 1. The second kappa shape index (κ2) is 4.50. The van der Waals surface area contributed by atoms with Crippen LogP contribution in [0.15, 0.2) is 59.0 Å². The molecule has 1 atom stereocenters. The zero-order valence-electron chi connectivity index (χ0n) is 11.6. The number of aromatic nitrogens is 1. The first-order valence-corrected chi connectivity index (χ1v) is 6.97. The number of rotatable bonds is 2. The fraction of sp³-hybridized carbons (Fsp3) is 0.111. The Morgan fingerprint density at radius 3 is 2.57 bits per heavy atom. The highest BCUT2D eigenvalue weighted by Crippen LogP contribution is 2.30. The fourth-order valence-corrected chi connectivity index (χ4v) is 2.80. The Balaban J connectivity index is 1.88. The van der Waals surface area contributed by atoms with Gasteiger partial charge in [0.05, 0.1) is 0 Å². The minimum atomic E-state index is -0.739. The van der Waals surface area contributed by atoms with Crippen molar-refractivity contribution in [2.45, 2.75) is 13.0 Å². The maximum atomic E-state index is 10.5.